The smallest absolute Gasteiger partial charge is 0.359 e. The standard InChI is InChI=1S/C26H47NO6/c1-2-3-4-5-6-7-8-9-10-11-12-13-14-15-16-17-18-19-20-27(21-24(28)29,22-25(30)31)23-26(32)33/h3-4H,2,5-23H2,1H3,(H2-,28,29,30,31,32,33)/b4-3+. The van der Waals surface area contributed by atoms with E-state index in [1.807, 2.05) is 0 Å². The van der Waals surface area contributed by atoms with Crippen LogP contribution in [0.3, 0.4) is 0 Å². The van der Waals surface area contributed by atoms with Crippen molar-refractivity contribution in [1.29, 1.82) is 0 Å². The average molecular weight is 470 g/mol. The number of carbonyl (C=O) groups excluding carboxylic acids is 1. The van der Waals surface area contributed by atoms with Gasteiger partial charge in [0.15, 0.2) is 13.1 Å². The van der Waals surface area contributed by atoms with Gasteiger partial charge in [-0.05, 0) is 32.1 Å². The Morgan fingerprint density at radius 2 is 1.03 bits per heavy atom. The number of carbonyl (C=O) groups is 3. The second kappa shape index (κ2) is 20.7. The van der Waals surface area contributed by atoms with Crippen LogP contribution in [-0.4, -0.2) is 58.8 Å². The molecule has 33 heavy (non-hydrogen) atoms. The largest absolute Gasteiger partial charge is 0.544 e. The Morgan fingerprint density at radius 3 is 1.39 bits per heavy atom. The zero-order valence-electron chi connectivity index (χ0n) is 20.8. The van der Waals surface area contributed by atoms with Gasteiger partial charge in [-0.1, -0.05) is 89.7 Å². The lowest BCUT2D eigenvalue weighted by Crippen LogP contribution is -2.59. The number of hydrogen-bond donors (Lipinski definition) is 2. The molecule has 0 spiro atoms. The fourth-order valence-corrected chi connectivity index (χ4v) is 4.37. The van der Waals surface area contributed by atoms with E-state index in [0.29, 0.717) is 6.42 Å². The highest BCUT2D eigenvalue weighted by atomic mass is 16.4. The number of carboxylic acids is 3. The van der Waals surface area contributed by atoms with E-state index in [4.69, 9.17) is 10.2 Å². The first-order valence-corrected chi connectivity index (χ1v) is 12.9. The second-order valence-corrected chi connectivity index (χ2v) is 9.32. The molecule has 0 fully saturated rings. The van der Waals surface area contributed by atoms with Crippen LogP contribution < -0.4 is 5.11 Å². The Balaban J connectivity index is 3.76. The van der Waals surface area contributed by atoms with Crippen molar-refractivity contribution in [3.8, 4) is 0 Å². The number of hydrogen-bond acceptors (Lipinski definition) is 4. The molecule has 0 aromatic rings. The Labute approximate surface area is 200 Å². The molecule has 0 rings (SSSR count). The summed E-state index contributed by atoms with van der Waals surface area (Å²) in [5.41, 5.74) is 0. The van der Waals surface area contributed by atoms with Crippen molar-refractivity contribution in [1.82, 2.24) is 0 Å². The highest BCUT2D eigenvalue weighted by Crippen LogP contribution is 2.15. The van der Waals surface area contributed by atoms with Crippen LogP contribution in [0.25, 0.3) is 0 Å². The van der Waals surface area contributed by atoms with E-state index >= 15 is 0 Å². The molecule has 7 nitrogen and oxygen atoms in total. The minimum atomic E-state index is -1.42. The number of rotatable bonds is 24. The van der Waals surface area contributed by atoms with Gasteiger partial charge in [0.1, 0.15) is 6.54 Å². The Hall–Kier alpha value is -1.89. The van der Waals surface area contributed by atoms with Crippen molar-refractivity contribution in [3.63, 3.8) is 0 Å². The summed E-state index contributed by atoms with van der Waals surface area (Å²) >= 11 is 0. The van der Waals surface area contributed by atoms with E-state index in [0.717, 1.165) is 25.7 Å². The number of aliphatic carboxylic acids is 3. The van der Waals surface area contributed by atoms with Crippen LogP contribution in [-0.2, 0) is 14.4 Å². The predicted molar refractivity (Wildman–Crippen MR) is 129 cm³/mol. The summed E-state index contributed by atoms with van der Waals surface area (Å²) in [6.07, 6.45) is 23.4. The molecule has 0 aromatic heterocycles. The van der Waals surface area contributed by atoms with E-state index in [2.05, 4.69) is 19.1 Å². The second-order valence-electron chi connectivity index (χ2n) is 9.32. The van der Waals surface area contributed by atoms with Crippen LogP contribution in [0.4, 0.5) is 0 Å². The third kappa shape index (κ3) is 20.4. The molecule has 0 aliphatic carbocycles. The van der Waals surface area contributed by atoms with Gasteiger partial charge in [-0.15, -0.1) is 0 Å². The Bertz CT molecular complexity index is 520. The Kier molecular flexibility index (Phi) is 19.5. The summed E-state index contributed by atoms with van der Waals surface area (Å²) in [6, 6.07) is 0. The van der Waals surface area contributed by atoms with E-state index in [9.17, 15) is 19.5 Å². The lowest BCUT2D eigenvalue weighted by atomic mass is 10.0. The zero-order chi connectivity index (χ0) is 24.8. The van der Waals surface area contributed by atoms with Gasteiger partial charge >= 0.3 is 11.9 Å². The third-order valence-corrected chi connectivity index (χ3v) is 6.06. The van der Waals surface area contributed by atoms with E-state index in [1.165, 1.54) is 70.6 Å². The summed E-state index contributed by atoms with van der Waals surface area (Å²) in [5.74, 6) is -3.81. The molecule has 0 heterocycles. The molecule has 0 aliphatic heterocycles. The fraction of sp³-hybridized carbons (Fsp3) is 0.808. The molecule has 0 aliphatic rings. The number of carboxylic acid groups (broad SMARTS) is 3. The first-order chi connectivity index (χ1) is 15.8. The van der Waals surface area contributed by atoms with Crippen LogP contribution in [0, 0.1) is 0 Å². The molecule has 0 saturated carbocycles. The van der Waals surface area contributed by atoms with Gasteiger partial charge in [-0.2, -0.15) is 0 Å². The predicted octanol–water partition coefficient (Wildman–Crippen LogP) is 4.54. The minimum absolute atomic E-state index is 0.224. The molecule has 0 radical (unpaired) electrons. The van der Waals surface area contributed by atoms with Crippen LogP contribution >= 0.6 is 0 Å². The maximum atomic E-state index is 11.1. The number of allylic oxidation sites excluding steroid dienone is 2. The van der Waals surface area contributed by atoms with Crippen LogP contribution in [0.1, 0.15) is 110 Å². The highest BCUT2D eigenvalue weighted by molar-refractivity contribution is 5.72. The molecule has 192 valence electrons. The molecule has 2 N–H and O–H groups in total. The summed E-state index contributed by atoms with van der Waals surface area (Å²) in [5, 5.41) is 29.3. The first-order valence-electron chi connectivity index (χ1n) is 12.9. The van der Waals surface area contributed by atoms with Crippen LogP contribution in [0.15, 0.2) is 12.2 Å². The molecule has 0 amide bonds. The molecule has 0 atom stereocenters. The molecule has 7 heteroatoms. The van der Waals surface area contributed by atoms with Crippen molar-refractivity contribution in [2.45, 2.75) is 110 Å². The summed E-state index contributed by atoms with van der Waals surface area (Å²) in [7, 11) is 0. The maximum Gasteiger partial charge on any atom is 0.359 e. The van der Waals surface area contributed by atoms with E-state index < -0.39 is 42.0 Å². The normalized spacial score (nSPS) is 11.8. The highest BCUT2D eigenvalue weighted by Gasteiger charge is 2.33. The van der Waals surface area contributed by atoms with Gasteiger partial charge < -0.3 is 24.6 Å². The third-order valence-electron chi connectivity index (χ3n) is 6.06. The summed E-state index contributed by atoms with van der Waals surface area (Å²) in [6.45, 7) is 0.770. The zero-order valence-corrected chi connectivity index (χ0v) is 20.8. The van der Waals surface area contributed by atoms with Crippen molar-refractivity contribution < 1.29 is 34.2 Å². The molecular formula is C26H47NO6. The van der Waals surface area contributed by atoms with E-state index in [1.54, 1.807) is 0 Å². The van der Waals surface area contributed by atoms with Gasteiger partial charge in [0.25, 0.3) is 0 Å². The lowest BCUT2D eigenvalue weighted by molar-refractivity contribution is -0.909. The molecular weight excluding hydrogens is 422 g/mol. The van der Waals surface area contributed by atoms with Gasteiger partial charge in [-0.3, -0.25) is 0 Å². The van der Waals surface area contributed by atoms with Gasteiger partial charge in [0, 0.05) is 0 Å². The van der Waals surface area contributed by atoms with Crippen LogP contribution in [0.5, 0.6) is 0 Å². The lowest BCUT2D eigenvalue weighted by Gasteiger charge is -2.36. The summed E-state index contributed by atoms with van der Waals surface area (Å²) in [4.78, 5) is 33.3. The van der Waals surface area contributed by atoms with Crippen molar-refractivity contribution in [2.24, 2.45) is 0 Å². The topological polar surface area (TPSA) is 115 Å². The average Bonchev–Trinajstić information content (AvgIpc) is 2.71. The number of quaternary nitrogens is 1. The minimum Gasteiger partial charge on any atom is -0.544 e. The Morgan fingerprint density at radius 1 is 0.636 bits per heavy atom. The van der Waals surface area contributed by atoms with Gasteiger partial charge in [-0.25, -0.2) is 9.59 Å². The molecule has 0 unspecified atom stereocenters. The molecule has 0 saturated heterocycles. The van der Waals surface area contributed by atoms with Gasteiger partial charge in [0.2, 0.25) is 0 Å². The maximum absolute atomic E-state index is 11.1. The fourth-order valence-electron chi connectivity index (χ4n) is 4.37. The molecule has 0 bridgehead atoms. The summed E-state index contributed by atoms with van der Waals surface area (Å²) < 4.78 is -0.497. The van der Waals surface area contributed by atoms with Crippen molar-refractivity contribution in [3.05, 3.63) is 12.2 Å². The van der Waals surface area contributed by atoms with Gasteiger partial charge in [0.05, 0.1) is 12.5 Å². The van der Waals surface area contributed by atoms with Crippen molar-refractivity contribution >= 4 is 17.9 Å². The number of nitrogens with zero attached hydrogens (tertiary/aromatic N) is 1. The molecule has 0 aromatic carbocycles. The van der Waals surface area contributed by atoms with Crippen LogP contribution in [0.2, 0.25) is 0 Å². The number of unbranched alkanes of at least 4 members (excludes halogenated alkanes) is 14. The monoisotopic (exact) mass is 469 g/mol. The first kappa shape index (κ1) is 31.1. The van der Waals surface area contributed by atoms with Crippen molar-refractivity contribution in [2.75, 3.05) is 26.2 Å². The quantitative estimate of drug-likeness (QED) is 0.122. The SMILES string of the molecule is CC/C=C/CCCCCCCCCCCCCCCC[N+](CC(=O)[O-])(CC(=O)O)CC(=O)O. The van der Waals surface area contributed by atoms with E-state index in [-0.39, 0.29) is 6.54 Å².